The number of amides is 1. The van der Waals surface area contributed by atoms with Crippen molar-refractivity contribution >= 4 is 23.5 Å². The molecule has 92 valence electrons. The van der Waals surface area contributed by atoms with Gasteiger partial charge in [0, 0.05) is 12.8 Å². The van der Waals surface area contributed by atoms with Gasteiger partial charge in [-0.3, -0.25) is 4.79 Å². The molecule has 0 aliphatic heterocycles. The van der Waals surface area contributed by atoms with E-state index in [0.717, 1.165) is 0 Å². The normalized spacial score (nSPS) is 12.4. The molecule has 0 aromatic carbocycles. The maximum atomic E-state index is 11.5. The van der Waals surface area contributed by atoms with Crippen LogP contribution in [0.5, 0.6) is 0 Å². The number of alkyl halides is 1. The lowest BCUT2D eigenvalue weighted by atomic mass is 10.1. The Kier molecular flexibility index (Phi) is 8.62. The van der Waals surface area contributed by atoms with Crippen molar-refractivity contribution < 1.29 is 14.3 Å². The van der Waals surface area contributed by atoms with Gasteiger partial charge in [-0.15, -0.1) is 11.6 Å². The number of rotatable bonds is 7. The molecule has 1 N–H and O–H groups in total. The van der Waals surface area contributed by atoms with E-state index < -0.39 is 12.0 Å². The van der Waals surface area contributed by atoms with Crippen LogP contribution in [0.3, 0.4) is 0 Å². The molecule has 0 aromatic heterocycles. The van der Waals surface area contributed by atoms with Gasteiger partial charge in [0.05, 0.1) is 6.61 Å². The zero-order valence-electron chi connectivity index (χ0n) is 9.66. The Labute approximate surface area is 101 Å². The standard InChI is InChI=1S/C11H18ClNO3/c1-3-16-11(15)10(13-9(2)14)7-5-4-6-8-12/h4,6,10H,3,5,7-8H2,1-2H3,(H,13,14)/b6-4+. The minimum atomic E-state index is -0.572. The number of nitrogens with one attached hydrogen (secondary N) is 1. The summed E-state index contributed by atoms with van der Waals surface area (Å²) in [4.78, 5) is 22.3. The highest BCUT2D eigenvalue weighted by atomic mass is 35.5. The van der Waals surface area contributed by atoms with E-state index in [4.69, 9.17) is 16.3 Å². The van der Waals surface area contributed by atoms with Gasteiger partial charge < -0.3 is 10.1 Å². The Balaban J connectivity index is 4.14. The molecule has 0 saturated heterocycles. The molecule has 0 spiro atoms. The maximum Gasteiger partial charge on any atom is 0.328 e. The lowest BCUT2D eigenvalue weighted by Crippen LogP contribution is -2.40. The lowest BCUT2D eigenvalue weighted by molar-refractivity contribution is -0.147. The fourth-order valence-corrected chi connectivity index (χ4v) is 1.31. The SMILES string of the molecule is CCOC(=O)C(CC/C=C/CCl)NC(C)=O. The first-order valence-corrected chi connectivity index (χ1v) is 5.80. The summed E-state index contributed by atoms with van der Waals surface area (Å²) >= 11 is 5.47. The number of carbonyl (C=O) groups excluding carboxylic acids is 2. The quantitative estimate of drug-likeness (QED) is 0.423. The number of halogens is 1. The van der Waals surface area contributed by atoms with Gasteiger partial charge in [-0.25, -0.2) is 4.79 Å². The molecule has 0 bridgehead atoms. The first-order chi connectivity index (χ1) is 7.61. The molecule has 1 atom stereocenters. The van der Waals surface area contributed by atoms with Crippen LogP contribution in [0, 0.1) is 0 Å². The Bertz CT molecular complexity index is 254. The molecular weight excluding hydrogens is 230 g/mol. The molecule has 1 unspecified atom stereocenters. The van der Waals surface area contributed by atoms with Crippen molar-refractivity contribution in [2.24, 2.45) is 0 Å². The molecule has 0 heterocycles. The zero-order chi connectivity index (χ0) is 12.4. The van der Waals surface area contributed by atoms with Gasteiger partial charge in [-0.05, 0) is 19.8 Å². The van der Waals surface area contributed by atoms with Crippen LogP contribution in [0.25, 0.3) is 0 Å². The second-order valence-corrected chi connectivity index (χ2v) is 3.52. The summed E-state index contributed by atoms with van der Waals surface area (Å²) < 4.78 is 4.86. The fraction of sp³-hybridized carbons (Fsp3) is 0.636. The van der Waals surface area contributed by atoms with Crippen LogP contribution in [-0.2, 0) is 14.3 Å². The number of ether oxygens (including phenoxy) is 1. The van der Waals surface area contributed by atoms with Gasteiger partial charge in [-0.2, -0.15) is 0 Å². The third kappa shape index (κ3) is 7.29. The maximum absolute atomic E-state index is 11.5. The molecular formula is C11H18ClNO3. The number of allylic oxidation sites excluding steroid dienone is 2. The third-order valence-electron chi connectivity index (χ3n) is 1.83. The van der Waals surface area contributed by atoms with E-state index in [1.807, 2.05) is 6.08 Å². The largest absolute Gasteiger partial charge is 0.464 e. The first kappa shape index (κ1) is 15.0. The fourth-order valence-electron chi connectivity index (χ4n) is 1.18. The summed E-state index contributed by atoms with van der Waals surface area (Å²) in [5.74, 6) is -0.180. The number of hydrogen-bond acceptors (Lipinski definition) is 3. The predicted octanol–water partition coefficient (Wildman–Crippen LogP) is 1.63. The zero-order valence-corrected chi connectivity index (χ0v) is 10.4. The van der Waals surface area contributed by atoms with Gasteiger partial charge in [0.15, 0.2) is 0 Å². The first-order valence-electron chi connectivity index (χ1n) is 5.26. The van der Waals surface area contributed by atoms with E-state index in [2.05, 4.69) is 5.32 Å². The molecule has 0 aliphatic rings. The van der Waals surface area contributed by atoms with Crippen molar-refractivity contribution in [2.75, 3.05) is 12.5 Å². The van der Waals surface area contributed by atoms with Crippen LogP contribution in [0.1, 0.15) is 26.7 Å². The Morgan fingerprint density at radius 3 is 2.62 bits per heavy atom. The van der Waals surface area contributed by atoms with E-state index >= 15 is 0 Å². The van der Waals surface area contributed by atoms with E-state index in [-0.39, 0.29) is 5.91 Å². The smallest absolute Gasteiger partial charge is 0.328 e. The van der Waals surface area contributed by atoms with Gasteiger partial charge in [-0.1, -0.05) is 12.2 Å². The highest BCUT2D eigenvalue weighted by molar-refractivity contribution is 6.18. The van der Waals surface area contributed by atoms with Crippen molar-refractivity contribution in [2.45, 2.75) is 32.7 Å². The third-order valence-corrected chi connectivity index (χ3v) is 2.00. The van der Waals surface area contributed by atoms with Crippen LogP contribution in [0.4, 0.5) is 0 Å². The van der Waals surface area contributed by atoms with Gasteiger partial charge >= 0.3 is 5.97 Å². The van der Waals surface area contributed by atoms with E-state index in [1.165, 1.54) is 6.92 Å². The summed E-state index contributed by atoms with van der Waals surface area (Å²) in [6.07, 6.45) is 4.88. The van der Waals surface area contributed by atoms with E-state index in [1.54, 1.807) is 13.0 Å². The molecule has 5 heteroatoms. The van der Waals surface area contributed by atoms with Crippen molar-refractivity contribution in [3.8, 4) is 0 Å². The summed E-state index contributed by atoms with van der Waals surface area (Å²) in [7, 11) is 0. The second kappa shape index (κ2) is 9.21. The second-order valence-electron chi connectivity index (χ2n) is 3.21. The molecule has 0 saturated carbocycles. The van der Waals surface area contributed by atoms with Crippen molar-refractivity contribution in [1.29, 1.82) is 0 Å². The van der Waals surface area contributed by atoms with Crippen molar-refractivity contribution in [3.63, 3.8) is 0 Å². The lowest BCUT2D eigenvalue weighted by Gasteiger charge is -2.15. The van der Waals surface area contributed by atoms with Crippen LogP contribution < -0.4 is 5.32 Å². The topological polar surface area (TPSA) is 55.4 Å². The number of carbonyl (C=O) groups is 2. The van der Waals surface area contributed by atoms with E-state index in [9.17, 15) is 9.59 Å². The molecule has 0 rings (SSSR count). The highest BCUT2D eigenvalue weighted by Crippen LogP contribution is 2.02. The molecule has 0 fully saturated rings. The van der Waals surface area contributed by atoms with Gasteiger partial charge in [0.2, 0.25) is 5.91 Å². The highest BCUT2D eigenvalue weighted by Gasteiger charge is 2.19. The van der Waals surface area contributed by atoms with Crippen LogP contribution in [0.2, 0.25) is 0 Å². The average molecular weight is 248 g/mol. The average Bonchev–Trinajstić information content (AvgIpc) is 2.22. The van der Waals surface area contributed by atoms with Crippen LogP contribution in [0.15, 0.2) is 12.2 Å². The summed E-state index contributed by atoms with van der Waals surface area (Å²) in [6, 6.07) is -0.572. The summed E-state index contributed by atoms with van der Waals surface area (Å²) in [6.45, 7) is 3.42. The van der Waals surface area contributed by atoms with Gasteiger partial charge in [0.1, 0.15) is 6.04 Å². The molecule has 1 amide bonds. The van der Waals surface area contributed by atoms with Crippen molar-refractivity contribution in [3.05, 3.63) is 12.2 Å². The Morgan fingerprint density at radius 2 is 2.12 bits per heavy atom. The van der Waals surface area contributed by atoms with E-state index in [0.29, 0.717) is 25.3 Å². The van der Waals surface area contributed by atoms with Gasteiger partial charge in [0.25, 0.3) is 0 Å². The van der Waals surface area contributed by atoms with Crippen LogP contribution >= 0.6 is 11.6 Å². The number of hydrogen-bond donors (Lipinski definition) is 1. The monoisotopic (exact) mass is 247 g/mol. The molecule has 0 aromatic rings. The molecule has 0 aliphatic carbocycles. The summed E-state index contributed by atoms with van der Waals surface area (Å²) in [5, 5.41) is 2.56. The molecule has 4 nitrogen and oxygen atoms in total. The predicted molar refractivity (Wildman–Crippen MR) is 63.3 cm³/mol. The minimum Gasteiger partial charge on any atom is -0.464 e. The Hall–Kier alpha value is -1.03. The molecule has 0 radical (unpaired) electrons. The van der Waals surface area contributed by atoms with Crippen molar-refractivity contribution in [1.82, 2.24) is 5.32 Å². The number of esters is 1. The molecule has 16 heavy (non-hydrogen) atoms. The summed E-state index contributed by atoms with van der Waals surface area (Å²) in [5.41, 5.74) is 0. The van der Waals surface area contributed by atoms with Crippen LogP contribution in [-0.4, -0.2) is 30.4 Å². The Morgan fingerprint density at radius 1 is 1.44 bits per heavy atom. The minimum absolute atomic E-state index is 0.237.